The van der Waals surface area contributed by atoms with Crippen LogP contribution in [0.3, 0.4) is 0 Å². The zero-order valence-electron chi connectivity index (χ0n) is 14.3. The molecule has 1 aromatic heterocycles. The number of nitrogens with one attached hydrogen (secondary N) is 2. The summed E-state index contributed by atoms with van der Waals surface area (Å²) < 4.78 is 40.9. The molecule has 1 aromatic carbocycles. The fourth-order valence-electron chi connectivity index (χ4n) is 1.97. The summed E-state index contributed by atoms with van der Waals surface area (Å²) in [6.07, 6.45) is 3.20. The number of aromatic nitrogens is 2. The highest BCUT2D eigenvalue weighted by molar-refractivity contribution is 7.89. The quantitative estimate of drug-likeness (QED) is 0.816. The van der Waals surface area contributed by atoms with Gasteiger partial charge in [-0.05, 0) is 45.0 Å². The standard InChI is InChI=1S/C16H21FN4O3S/c1-16(2,3)21-11-13(10-18-21)20-15(22)8-9-19-25(23,24)14-6-4-12(17)5-7-14/h4-7,10-11,19H,8-9H2,1-3H3,(H,20,22). The van der Waals surface area contributed by atoms with Gasteiger partial charge in [-0.2, -0.15) is 5.10 Å². The molecule has 0 fully saturated rings. The second kappa shape index (κ2) is 7.32. The fraction of sp³-hybridized carbons (Fsp3) is 0.375. The molecule has 0 aliphatic carbocycles. The molecule has 2 aromatic rings. The molecule has 136 valence electrons. The molecule has 0 radical (unpaired) electrons. The summed E-state index contributed by atoms with van der Waals surface area (Å²) in [7, 11) is -3.77. The number of carbonyl (C=O) groups is 1. The topological polar surface area (TPSA) is 93.1 Å². The molecule has 1 amide bonds. The van der Waals surface area contributed by atoms with Crippen LogP contribution in [0.2, 0.25) is 0 Å². The van der Waals surface area contributed by atoms with E-state index in [9.17, 15) is 17.6 Å². The van der Waals surface area contributed by atoms with E-state index in [1.165, 1.54) is 18.3 Å². The van der Waals surface area contributed by atoms with Crippen molar-refractivity contribution in [1.82, 2.24) is 14.5 Å². The van der Waals surface area contributed by atoms with E-state index in [-0.39, 0.29) is 29.3 Å². The van der Waals surface area contributed by atoms with E-state index in [0.717, 1.165) is 12.1 Å². The Balaban J connectivity index is 1.86. The normalized spacial score (nSPS) is 12.2. The maximum Gasteiger partial charge on any atom is 0.240 e. The first kappa shape index (κ1) is 19.1. The molecule has 0 atom stereocenters. The Labute approximate surface area is 146 Å². The van der Waals surface area contributed by atoms with Crippen LogP contribution in [0.4, 0.5) is 10.1 Å². The van der Waals surface area contributed by atoms with Crippen molar-refractivity contribution in [2.75, 3.05) is 11.9 Å². The molecule has 9 heteroatoms. The summed E-state index contributed by atoms with van der Waals surface area (Å²) in [6, 6.07) is 4.46. The van der Waals surface area contributed by atoms with E-state index >= 15 is 0 Å². The van der Waals surface area contributed by atoms with E-state index in [4.69, 9.17) is 0 Å². The van der Waals surface area contributed by atoms with Crippen molar-refractivity contribution in [3.8, 4) is 0 Å². The van der Waals surface area contributed by atoms with E-state index in [2.05, 4.69) is 15.1 Å². The Morgan fingerprint density at radius 3 is 2.44 bits per heavy atom. The van der Waals surface area contributed by atoms with Crippen LogP contribution >= 0.6 is 0 Å². The lowest BCUT2D eigenvalue weighted by Gasteiger charge is -2.18. The smallest absolute Gasteiger partial charge is 0.240 e. The maximum absolute atomic E-state index is 12.8. The fourth-order valence-corrected chi connectivity index (χ4v) is 3.01. The largest absolute Gasteiger partial charge is 0.323 e. The Kier molecular flexibility index (Phi) is 5.58. The Bertz CT molecular complexity index is 839. The van der Waals surface area contributed by atoms with Crippen LogP contribution in [0.1, 0.15) is 27.2 Å². The van der Waals surface area contributed by atoms with Crippen LogP contribution in [-0.4, -0.2) is 30.7 Å². The molecule has 0 spiro atoms. The average Bonchev–Trinajstić information content (AvgIpc) is 2.96. The highest BCUT2D eigenvalue weighted by Gasteiger charge is 2.16. The van der Waals surface area contributed by atoms with Gasteiger partial charge >= 0.3 is 0 Å². The highest BCUT2D eigenvalue weighted by atomic mass is 32.2. The third kappa shape index (κ3) is 5.36. The van der Waals surface area contributed by atoms with Gasteiger partial charge in [-0.15, -0.1) is 0 Å². The van der Waals surface area contributed by atoms with E-state index in [1.807, 2.05) is 20.8 Å². The third-order valence-corrected chi connectivity index (χ3v) is 4.80. The number of rotatable bonds is 6. The minimum absolute atomic E-state index is 0.0406. The number of benzene rings is 1. The zero-order valence-corrected chi connectivity index (χ0v) is 15.1. The summed E-state index contributed by atoms with van der Waals surface area (Å²) in [5, 5.41) is 6.83. The molecule has 0 bridgehead atoms. The van der Waals surface area contributed by atoms with E-state index in [1.54, 1.807) is 10.9 Å². The monoisotopic (exact) mass is 368 g/mol. The molecule has 2 rings (SSSR count). The first-order valence-electron chi connectivity index (χ1n) is 7.68. The SMILES string of the molecule is CC(C)(C)n1cc(NC(=O)CCNS(=O)(=O)c2ccc(F)cc2)cn1. The van der Waals surface area contributed by atoms with Crippen molar-refractivity contribution in [3.63, 3.8) is 0 Å². The number of carbonyl (C=O) groups excluding carboxylic acids is 1. The second-order valence-electron chi connectivity index (χ2n) is 6.49. The highest BCUT2D eigenvalue weighted by Crippen LogP contribution is 2.16. The predicted molar refractivity (Wildman–Crippen MR) is 92.1 cm³/mol. The van der Waals surface area contributed by atoms with Crippen molar-refractivity contribution in [2.45, 2.75) is 37.6 Å². The maximum atomic E-state index is 12.8. The number of halogens is 1. The number of sulfonamides is 1. The number of hydrogen-bond donors (Lipinski definition) is 2. The first-order chi connectivity index (χ1) is 11.6. The van der Waals surface area contributed by atoms with E-state index in [0.29, 0.717) is 5.69 Å². The molecular formula is C16H21FN4O3S. The number of hydrogen-bond acceptors (Lipinski definition) is 4. The molecule has 1 heterocycles. The minimum atomic E-state index is -3.77. The molecule has 0 unspecified atom stereocenters. The number of amides is 1. The molecule has 0 saturated heterocycles. The van der Waals surface area contributed by atoms with Crippen LogP contribution in [0.15, 0.2) is 41.6 Å². The molecule has 0 aliphatic heterocycles. The molecule has 25 heavy (non-hydrogen) atoms. The third-order valence-electron chi connectivity index (χ3n) is 3.32. The van der Waals surface area contributed by atoms with Crippen molar-refractivity contribution >= 4 is 21.6 Å². The molecule has 7 nitrogen and oxygen atoms in total. The summed E-state index contributed by atoms with van der Waals surface area (Å²) in [4.78, 5) is 11.9. The van der Waals surface area contributed by atoms with Crippen molar-refractivity contribution in [1.29, 1.82) is 0 Å². The first-order valence-corrected chi connectivity index (χ1v) is 9.16. The van der Waals surface area contributed by atoms with E-state index < -0.39 is 15.8 Å². The number of anilines is 1. The van der Waals surface area contributed by atoms with Crippen LogP contribution in [0.25, 0.3) is 0 Å². The zero-order chi connectivity index (χ0) is 18.7. The van der Waals surface area contributed by atoms with Gasteiger partial charge in [0.15, 0.2) is 0 Å². The van der Waals surface area contributed by atoms with Gasteiger partial charge in [-0.25, -0.2) is 17.5 Å². The predicted octanol–water partition coefficient (Wildman–Crippen LogP) is 2.08. The van der Waals surface area contributed by atoms with Gasteiger partial charge in [0.25, 0.3) is 0 Å². The van der Waals surface area contributed by atoms with Gasteiger partial charge in [0.2, 0.25) is 15.9 Å². The van der Waals surface area contributed by atoms with Crippen molar-refractivity contribution in [3.05, 3.63) is 42.5 Å². The van der Waals surface area contributed by atoms with Gasteiger partial charge in [-0.1, -0.05) is 0 Å². The lowest BCUT2D eigenvalue weighted by Crippen LogP contribution is -2.27. The van der Waals surface area contributed by atoms with Gasteiger partial charge < -0.3 is 5.32 Å². The molecule has 0 aliphatic rings. The summed E-state index contributed by atoms with van der Waals surface area (Å²) in [5.74, 6) is -0.857. The van der Waals surface area contributed by atoms with Crippen LogP contribution in [-0.2, 0) is 20.4 Å². The lowest BCUT2D eigenvalue weighted by atomic mass is 10.1. The van der Waals surface area contributed by atoms with Crippen LogP contribution in [0, 0.1) is 5.82 Å². The number of nitrogens with zero attached hydrogens (tertiary/aromatic N) is 2. The minimum Gasteiger partial charge on any atom is -0.323 e. The van der Waals surface area contributed by atoms with Crippen molar-refractivity contribution < 1.29 is 17.6 Å². The Morgan fingerprint density at radius 1 is 1.24 bits per heavy atom. The Morgan fingerprint density at radius 2 is 1.88 bits per heavy atom. The van der Waals surface area contributed by atoms with Gasteiger partial charge in [0.1, 0.15) is 5.82 Å². The van der Waals surface area contributed by atoms with Crippen molar-refractivity contribution in [2.24, 2.45) is 0 Å². The second-order valence-corrected chi connectivity index (χ2v) is 8.26. The lowest BCUT2D eigenvalue weighted by molar-refractivity contribution is -0.116. The molecular weight excluding hydrogens is 347 g/mol. The molecule has 0 saturated carbocycles. The Hall–Kier alpha value is -2.26. The summed E-state index contributed by atoms with van der Waals surface area (Å²) in [5.41, 5.74) is 0.342. The van der Waals surface area contributed by atoms with Crippen LogP contribution < -0.4 is 10.0 Å². The van der Waals surface area contributed by atoms with Crippen LogP contribution in [0.5, 0.6) is 0 Å². The summed E-state index contributed by atoms with van der Waals surface area (Å²) >= 11 is 0. The van der Waals surface area contributed by atoms with Gasteiger partial charge in [0, 0.05) is 19.2 Å². The average molecular weight is 368 g/mol. The summed E-state index contributed by atoms with van der Waals surface area (Å²) in [6.45, 7) is 5.88. The van der Waals surface area contributed by atoms with Gasteiger partial charge in [0.05, 0.1) is 22.3 Å². The van der Waals surface area contributed by atoms with Gasteiger partial charge in [-0.3, -0.25) is 9.48 Å². The molecule has 2 N–H and O–H groups in total.